The number of nitrogens with zero attached hydrogens (tertiary/aromatic N) is 3. The zero-order valence-electron chi connectivity index (χ0n) is 15.0. The summed E-state index contributed by atoms with van der Waals surface area (Å²) in [5.41, 5.74) is 8.18. The van der Waals surface area contributed by atoms with E-state index in [1.165, 1.54) is 12.1 Å². The number of fused-ring (bicyclic) bond motifs is 1. The molecule has 2 rings (SSSR count). The first-order valence-corrected chi connectivity index (χ1v) is 9.05. The van der Waals surface area contributed by atoms with Gasteiger partial charge in [-0.3, -0.25) is 0 Å². The Morgan fingerprint density at radius 1 is 1.52 bits per heavy atom. The third-order valence-corrected chi connectivity index (χ3v) is 5.38. The van der Waals surface area contributed by atoms with E-state index >= 15 is 0 Å². The van der Waals surface area contributed by atoms with E-state index in [1.807, 2.05) is 20.8 Å². The maximum Gasteiger partial charge on any atom is 0.167 e. The molecule has 0 saturated carbocycles. The molecule has 0 saturated heterocycles. The fourth-order valence-corrected chi connectivity index (χ4v) is 3.09. The Morgan fingerprint density at radius 3 is 2.80 bits per heavy atom. The minimum absolute atomic E-state index is 0.0789. The molecule has 1 aliphatic rings. The predicted octanol–water partition coefficient (Wildman–Crippen LogP) is 3.78. The lowest BCUT2D eigenvalue weighted by molar-refractivity contribution is 0.0118. The molecule has 1 aromatic carbocycles. The number of halogens is 1. The topological polar surface area (TPSA) is 96.3 Å². The Bertz CT molecular complexity index is 731. The molecule has 1 aliphatic heterocycles. The van der Waals surface area contributed by atoms with Crippen LogP contribution in [0.15, 0.2) is 17.2 Å². The Morgan fingerprint density at radius 2 is 2.20 bits per heavy atom. The fraction of sp³-hybridized carbons (Fsp3) is 0.625. The van der Waals surface area contributed by atoms with Crippen molar-refractivity contribution in [2.75, 3.05) is 13.2 Å². The van der Waals surface area contributed by atoms with Crippen LogP contribution in [0.4, 0.5) is 4.39 Å². The summed E-state index contributed by atoms with van der Waals surface area (Å²) in [4.78, 5) is 2.75. The van der Waals surface area contributed by atoms with E-state index < -0.39 is 33.2 Å². The third-order valence-electron chi connectivity index (χ3n) is 3.70. The molecule has 0 amide bonds. The van der Waals surface area contributed by atoms with E-state index in [9.17, 15) is 8.60 Å². The number of nitrogens with one attached hydrogen (secondary N) is 1. The van der Waals surface area contributed by atoms with Crippen molar-refractivity contribution in [3.63, 3.8) is 0 Å². The van der Waals surface area contributed by atoms with Crippen LogP contribution >= 0.6 is 0 Å². The van der Waals surface area contributed by atoms with E-state index in [-0.39, 0.29) is 18.9 Å². The molecule has 25 heavy (non-hydrogen) atoms. The zero-order valence-corrected chi connectivity index (χ0v) is 15.8. The van der Waals surface area contributed by atoms with Crippen LogP contribution in [-0.4, -0.2) is 27.7 Å². The van der Waals surface area contributed by atoms with Crippen molar-refractivity contribution in [1.82, 2.24) is 4.72 Å². The average molecular weight is 370 g/mol. The summed E-state index contributed by atoms with van der Waals surface area (Å²) in [7, 11) is -1.33. The van der Waals surface area contributed by atoms with Crippen molar-refractivity contribution >= 4 is 11.0 Å². The van der Waals surface area contributed by atoms with Crippen molar-refractivity contribution in [3.8, 4) is 11.5 Å². The molecule has 1 unspecified atom stereocenters. The van der Waals surface area contributed by atoms with E-state index in [2.05, 4.69) is 14.7 Å². The SMILES string of the molecule is C[C@@H](N[S@](=O)C(C)(C)C)c1cc(F)cc2c1OC(C)(CN=[N+]=[N-])CO2. The van der Waals surface area contributed by atoms with Crippen LogP contribution in [0.25, 0.3) is 10.4 Å². The van der Waals surface area contributed by atoms with Gasteiger partial charge in [-0.25, -0.2) is 13.3 Å². The second kappa shape index (κ2) is 7.19. The number of hydrogen-bond acceptors (Lipinski definition) is 4. The van der Waals surface area contributed by atoms with Crippen LogP contribution in [0.2, 0.25) is 0 Å². The van der Waals surface area contributed by atoms with Gasteiger partial charge in [0.1, 0.15) is 18.0 Å². The third kappa shape index (κ3) is 4.62. The van der Waals surface area contributed by atoms with Crippen LogP contribution in [0, 0.1) is 5.82 Å². The van der Waals surface area contributed by atoms with Gasteiger partial charge in [0.2, 0.25) is 0 Å². The normalized spacial score (nSPS) is 22.0. The monoisotopic (exact) mass is 370 g/mol. The molecule has 9 heteroatoms. The van der Waals surface area contributed by atoms with Crippen molar-refractivity contribution in [2.45, 2.75) is 51.0 Å². The lowest BCUT2D eigenvalue weighted by Crippen LogP contribution is -2.45. The van der Waals surface area contributed by atoms with Crippen molar-refractivity contribution in [2.24, 2.45) is 5.11 Å². The lowest BCUT2D eigenvalue weighted by Gasteiger charge is -2.36. The van der Waals surface area contributed by atoms with Crippen LogP contribution in [0.5, 0.6) is 11.5 Å². The van der Waals surface area contributed by atoms with Gasteiger partial charge in [-0.05, 0) is 46.2 Å². The number of azide groups is 1. The molecule has 0 aromatic heterocycles. The first-order valence-electron chi connectivity index (χ1n) is 7.90. The molecular weight excluding hydrogens is 347 g/mol. The minimum atomic E-state index is -1.33. The zero-order chi connectivity index (χ0) is 18.8. The number of ether oxygens (including phenoxy) is 2. The molecule has 3 atom stereocenters. The van der Waals surface area contributed by atoms with Crippen LogP contribution in [-0.2, 0) is 11.0 Å². The van der Waals surface area contributed by atoms with Gasteiger partial charge in [-0.1, -0.05) is 5.11 Å². The smallest absolute Gasteiger partial charge is 0.167 e. The molecule has 0 spiro atoms. The molecular formula is C16H23FN4O3S. The molecule has 1 aromatic rings. The highest BCUT2D eigenvalue weighted by molar-refractivity contribution is 7.84. The van der Waals surface area contributed by atoms with E-state index in [4.69, 9.17) is 15.0 Å². The summed E-state index contributed by atoms with van der Waals surface area (Å²) in [6, 6.07) is 2.15. The van der Waals surface area contributed by atoms with Gasteiger partial charge >= 0.3 is 0 Å². The highest BCUT2D eigenvalue weighted by Gasteiger charge is 2.35. The van der Waals surface area contributed by atoms with Gasteiger partial charge in [0, 0.05) is 22.6 Å². The van der Waals surface area contributed by atoms with E-state index in [0.29, 0.717) is 11.3 Å². The van der Waals surface area contributed by atoms with Gasteiger partial charge in [0.05, 0.1) is 22.3 Å². The standard InChI is InChI=1S/C16H23FN4O3S/c1-10(20-25(22)15(2,3)4)12-6-11(17)7-13-14(12)24-16(5,9-23-13)8-19-21-18/h6-7,10,20H,8-9H2,1-5H3/t10-,16?,25-/m1/s1. The Kier molecular flexibility index (Phi) is 5.61. The van der Waals surface area contributed by atoms with Crippen molar-refractivity contribution in [1.29, 1.82) is 0 Å². The fourth-order valence-electron chi connectivity index (χ4n) is 2.29. The van der Waals surface area contributed by atoms with Gasteiger partial charge in [-0.2, -0.15) is 0 Å². The maximum absolute atomic E-state index is 14.0. The first-order chi connectivity index (χ1) is 11.6. The Hall–Kier alpha value is -1.83. The lowest BCUT2D eigenvalue weighted by atomic mass is 10.0. The van der Waals surface area contributed by atoms with Crippen molar-refractivity contribution < 1.29 is 18.1 Å². The summed E-state index contributed by atoms with van der Waals surface area (Å²) < 4.78 is 40.5. The molecule has 0 bridgehead atoms. The summed E-state index contributed by atoms with van der Waals surface area (Å²) in [6.45, 7) is 9.29. The average Bonchev–Trinajstić information content (AvgIpc) is 2.52. The highest BCUT2D eigenvalue weighted by Crippen LogP contribution is 2.42. The van der Waals surface area contributed by atoms with Gasteiger partial charge in [0.15, 0.2) is 11.5 Å². The Balaban J connectivity index is 2.35. The van der Waals surface area contributed by atoms with Gasteiger partial charge < -0.3 is 9.47 Å². The molecule has 1 N–H and O–H groups in total. The summed E-state index contributed by atoms with van der Waals surface area (Å²) in [5, 5.41) is 3.55. The molecule has 7 nitrogen and oxygen atoms in total. The van der Waals surface area contributed by atoms with Crippen LogP contribution in [0.1, 0.15) is 46.2 Å². The van der Waals surface area contributed by atoms with Crippen LogP contribution in [0.3, 0.4) is 0 Å². The molecule has 0 radical (unpaired) electrons. The summed E-state index contributed by atoms with van der Waals surface area (Å²) >= 11 is 0. The largest absolute Gasteiger partial charge is 0.485 e. The summed E-state index contributed by atoms with van der Waals surface area (Å²) in [6.07, 6.45) is 0. The van der Waals surface area contributed by atoms with E-state index in [1.54, 1.807) is 13.8 Å². The van der Waals surface area contributed by atoms with Gasteiger partial charge in [0.25, 0.3) is 0 Å². The second-order valence-electron chi connectivity index (χ2n) is 7.27. The predicted molar refractivity (Wildman–Crippen MR) is 94.4 cm³/mol. The summed E-state index contributed by atoms with van der Waals surface area (Å²) in [5.74, 6) is 0.184. The number of hydrogen-bond donors (Lipinski definition) is 1. The molecule has 0 fully saturated rings. The van der Waals surface area contributed by atoms with Crippen molar-refractivity contribution in [3.05, 3.63) is 34.0 Å². The second-order valence-corrected chi connectivity index (χ2v) is 9.27. The minimum Gasteiger partial charge on any atom is -0.485 e. The maximum atomic E-state index is 14.0. The molecule has 138 valence electrons. The highest BCUT2D eigenvalue weighted by atomic mass is 32.2. The number of rotatable bonds is 5. The number of benzene rings is 1. The van der Waals surface area contributed by atoms with Gasteiger partial charge in [-0.15, -0.1) is 0 Å². The quantitative estimate of drug-likeness (QED) is 0.485. The van der Waals surface area contributed by atoms with Crippen LogP contribution < -0.4 is 14.2 Å². The Labute approximate surface area is 149 Å². The first kappa shape index (κ1) is 19.5. The molecule has 1 heterocycles. The van der Waals surface area contributed by atoms with E-state index in [0.717, 1.165) is 0 Å². The molecule has 0 aliphatic carbocycles.